The van der Waals surface area contributed by atoms with Crippen LogP contribution in [-0.4, -0.2) is 16.7 Å². The molecule has 0 fully saturated rings. The van der Waals surface area contributed by atoms with Gasteiger partial charge in [-0.1, -0.05) is 35.9 Å². The first-order chi connectivity index (χ1) is 12.7. The van der Waals surface area contributed by atoms with E-state index in [4.69, 9.17) is 16.3 Å². The Morgan fingerprint density at radius 3 is 2.73 bits per heavy atom. The third-order valence-corrected chi connectivity index (χ3v) is 5.38. The highest BCUT2D eigenvalue weighted by atomic mass is 35.5. The summed E-state index contributed by atoms with van der Waals surface area (Å²) in [6.45, 7) is 0.443. The van der Waals surface area contributed by atoms with Gasteiger partial charge in [-0.25, -0.2) is 4.98 Å². The molecule has 0 bridgehead atoms. The van der Waals surface area contributed by atoms with E-state index in [2.05, 4.69) is 4.98 Å². The van der Waals surface area contributed by atoms with Gasteiger partial charge in [0.1, 0.15) is 10.4 Å². The van der Waals surface area contributed by atoms with Crippen molar-refractivity contribution in [2.24, 2.45) is 0 Å². The lowest BCUT2D eigenvalue weighted by atomic mass is 10.1. The van der Waals surface area contributed by atoms with E-state index in [1.54, 1.807) is 18.0 Å². The fourth-order valence-corrected chi connectivity index (χ4v) is 4.05. The summed E-state index contributed by atoms with van der Waals surface area (Å²) in [5.41, 5.74) is 3.62. The van der Waals surface area contributed by atoms with Gasteiger partial charge in [-0.2, -0.15) is 0 Å². The van der Waals surface area contributed by atoms with Crippen molar-refractivity contribution in [2.75, 3.05) is 7.11 Å². The quantitative estimate of drug-likeness (QED) is 0.507. The Labute approximate surface area is 159 Å². The molecular formula is C20H15ClN2O2S. The van der Waals surface area contributed by atoms with Gasteiger partial charge in [-0.15, -0.1) is 11.3 Å². The lowest BCUT2D eigenvalue weighted by molar-refractivity contribution is 0.415. The molecule has 4 rings (SSSR count). The summed E-state index contributed by atoms with van der Waals surface area (Å²) in [6.07, 6.45) is 1.60. The second-order valence-electron chi connectivity index (χ2n) is 5.86. The van der Waals surface area contributed by atoms with E-state index in [0.29, 0.717) is 16.3 Å². The van der Waals surface area contributed by atoms with Gasteiger partial charge in [0.05, 0.1) is 25.5 Å². The molecular weight excluding hydrogens is 368 g/mol. The molecule has 2 aromatic heterocycles. The Morgan fingerprint density at radius 2 is 2.00 bits per heavy atom. The largest absolute Gasteiger partial charge is 0.497 e. The molecule has 0 saturated heterocycles. The van der Waals surface area contributed by atoms with Crippen LogP contribution in [0.3, 0.4) is 0 Å². The molecule has 2 heterocycles. The third kappa shape index (κ3) is 3.11. The van der Waals surface area contributed by atoms with Crippen LogP contribution in [0.25, 0.3) is 21.3 Å². The lowest BCUT2D eigenvalue weighted by Crippen LogP contribution is -2.20. The van der Waals surface area contributed by atoms with Crippen molar-refractivity contribution in [3.63, 3.8) is 0 Å². The van der Waals surface area contributed by atoms with E-state index < -0.39 is 0 Å². The second-order valence-corrected chi connectivity index (χ2v) is 7.18. The van der Waals surface area contributed by atoms with E-state index >= 15 is 0 Å². The zero-order chi connectivity index (χ0) is 18.1. The highest BCUT2D eigenvalue weighted by Gasteiger charge is 2.13. The molecule has 0 aliphatic heterocycles. The second kappa shape index (κ2) is 6.94. The first kappa shape index (κ1) is 16.8. The van der Waals surface area contributed by atoms with Crippen molar-refractivity contribution >= 4 is 33.2 Å². The van der Waals surface area contributed by atoms with Crippen molar-refractivity contribution in [2.45, 2.75) is 6.54 Å². The monoisotopic (exact) mass is 382 g/mol. The standard InChI is InChI=1S/C20H15ClN2O2S/c1-25-16-7-5-14(6-8-16)17-11-26-19-18(17)22-12-23(20(19)24)10-13-3-2-4-15(21)9-13/h2-9,11-12H,10H2,1H3. The first-order valence-corrected chi connectivity index (χ1v) is 9.27. The smallest absolute Gasteiger partial charge is 0.271 e. The normalized spacial score (nSPS) is 11.0. The molecule has 4 nitrogen and oxygen atoms in total. The van der Waals surface area contributed by atoms with E-state index in [0.717, 1.165) is 28.0 Å². The summed E-state index contributed by atoms with van der Waals surface area (Å²) in [4.78, 5) is 17.4. The molecule has 0 N–H and O–H groups in total. The number of rotatable bonds is 4. The van der Waals surface area contributed by atoms with Crippen LogP contribution in [0.1, 0.15) is 5.56 Å². The zero-order valence-corrected chi connectivity index (χ0v) is 15.6. The minimum atomic E-state index is -0.0419. The van der Waals surface area contributed by atoms with Crippen LogP contribution >= 0.6 is 22.9 Å². The molecule has 0 unspecified atom stereocenters. The van der Waals surface area contributed by atoms with Crippen LogP contribution in [0.2, 0.25) is 5.02 Å². The Bertz CT molecular complexity index is 1130. The molecule has 0 radical (unpaired) electrons. The number of halogens is 1. The van der Waals surface area contributed by atoms with Crippen molar-refractivity contribution in [1.29, 1.82) is 0 Å². The number of hydrogen-bond donors (Lipinski definition) is 0. The number of ether oxygens (including phenoxy) is 1. The summed E-state index contributed by atoms with van der Waals surface area (Å²) in [5.74, 6) is 0.796. The SMILES string of the molecule is COc1ccc(-c2csc3c(=O)n(Cc4cccc(Cl)c4)cnc23)cc1. The van der Waals surface area contributed by atoms with Gasteiger partial charge in [-0.3, -0.25) is 9.36 Å². The average Bonchev–Trinajstić information content (AvgIpc) is 3.09. The Balaban J connectivity index is 1.74. The summed E-state index contributed by atoms with van der Waals surface area (Å²) in [7, 11) is 1.64. The fraction of sp³-hybridized carbons (Fsp3) is 0.100. The van der Waals surface area contributed by atoms with Crippen LogP contribution in [0.4, 0.5) is 0 Å². The van der Waals surface area contributed by atoms with Crippen LogP contribution in [-0.2, 0) is 6.54 Å². The third-order valence-electron chi connectivity index (χ3n) is 4.19. The van der Waals surface area contributed by atoms with Gasteiger partial charge in [0, 0.05) is 16.0 Å². The molecule has 26 heavy (non-hydrogen) atoms. The number of thiophene rings is 1. The molecule has 0 aliphatic carbocycles. The van der Waals surface area contributed by atoms with Crippen molar-refractivity contribution in [3.8, 4) is 16.9 Å². The first-order valence-electron chi connectivity index (χ1n) is 8.01. The molecule has 6 heteroatoms. The van der Waals surface area contributed by atoms with Crippen molar-refractivity contribution < 1.29 is 4.74 Å². The lowest BCUT2D eigenvalue weighted by Gasteiger charge is -2.06. The van der Waals surface area contributed by atoms with E-state index in [1.807, 2.05) is 53.9 Å². The van der Waals surface area contributed by atoms with Crippen LogP contribution < -0.4 is 10.3 Å². The highest BCUT2D eigenvalue weighted by Crippen LogP contribution is 2.31. The molecule has 2 aromatic carbocycles. The van der Waals surface area contributed by atoms with Crippen LogP contribution in [0.5, 0.6) is 5.75 Å². The Kier molecular flexibility index (Phi) is 4.49. The molecule has 130 valence electrons. The number of benzene rings is 2. The maximum absolute atomic E-state index is 12.8. The van der Waals surface area contributed by atoms with E-state index in [9.17, 15) is 4.79 Å². The maximum Gasteiger partial charge on any atom is 0.271 e. The molecule has 0 saturated carbocycles. The Morgan fingerprint density at radius 1 is 1.19 bits per heavy atom. The average molecular weight is 383 g/mol. The van der Waals surface area contributed by atoms with Crippen LogP contribution in [0.15, 0.2) is 65.0 Å². The predicted octanol–water partition coefficient (Wildman–Crippen LogP) is 4.84. The van der Waals surface area contributed by atoms with Crippen LogP contribution in [0, 0.1) is 0 Å². The van der Waals surface area contributed by atoms with Gasteiger partial charge < -0.3 is 4.74 Å². The number of nitrogens with zero attached hydrogens (tertiary/aromatic N) is 2. The van der Waals surface area contributed by atoms with E-state index in [-0.39, 0.29) is 5.56 Å². The van der Waals surface area contributed by atoms with Gasteiger partial charge in [0.15, 0.2) is 0 Å². The van der Waals surface area contributed by atoms with Gasteiger partial charge >= 0.3 is 0 Å². The van der Waals surface area contributed by atoms with Gasteiger partial charge in [0.2, 0.25) is 0 Å². The van der Waals surface area contributed by atoms with Crippen molar-refractivity contribution in [1.82, 2.24) is 9.55 Å². The Hall–Kier alpha value is -2.63. The van der Waals surface area contributed by atoms with Crippen molar-refractivity contribution in [3.05, 3.63) is 81.2 Å². The summed E-state index contributed by atoms with van der Waals surface area (Å²) >= 11 is 7.45. The number of hydrogen-bond acceptors (Lipinski definition) is 4. The minimum absolute atomic E-state index is 0.0419. The number of fused-ring (bicyclic) bond motifs is 1. The summed E-state index contributed by atoms with van der Waals surface area (Å²) in [5, 5.41) is 2.63. The molecule has 0 spiro atoms. The fourth-order valence-electron chi connectivity index (χ4n) is 2.86. The zero-order valence-electron chi connectivity index (χ0n) is 14.0. The molecule has 4 aromatic rings. The topological polar surface area (TPSA) is 44.1 Å². The number of aromatic nitrogens is 2. The maximum atomic E-state index is 12.8. The minimum Gasteiger partial charge on any atom is -0.497 e. The highest BCUT2D eigenvalue weighted by molar-refractivity contribution is 7.17. The molecule has 0 atom stereocenters. The summed E-state index contributed by atoms with van der Waals surface area (Å²) in [6, 6.07) is 15.2. The predicted molar refractivity (Wildman–Crippen MR) is 106 cm³/mol. The van der Waals surface area contributed by atoms with E-state index in [1.165, 1.54) is 11.3 Å². The molecule has 0 amide bonds. The van der Waals surface area contributed by atoms with Gasteiger partial charge in [0.25, 0.3) is 5.56 Å². The summed E-state index contributed by atoms with van der Waals surface area (Å²) < 4.78 is 7.46. The van der Waals surface area contributed by atoms with Gasteiger partial charge in [-0.05, 0) is 35.4 Å². The molecule has 0 aliphatic rings. The number of methoxy groups -OCH3 is 1.